The molecule has 2 aromatic rings. The molecule has 4 nitrogen and oxygen atoms in total. The largest absolute Gasteiger partial charge is 0.370 e. The van der Waals surface area contributed by atoms with Crippen LogP contribution in [-0.2, 0) is 6.42 Å². The van der Waals surface area contributed by atoms with Crippen LogP contribution in [0.5, 0.6) is 0 Å². The summed E-state index contributed by atoms with van der Waals surface area (Å²) in [5.74, 6) is 0.931. The molecule has 3 N–H and O–H groups in total. The number of thiazole rings is 1. The van der Waals surface area contributed by atoms with Crippen molar-refractivity contribution in [2.75, 3.05) is 11.9 Å². The molecule has 0 bridgehead atoms. The summed E-state index contributed by atoms with van der Waals surface area (Å²) >= 11 is 1.71. The van der Waals surface area contributed by atoms with Crippen LogP contribution in [0.3, 0.4) is 0 Å². The van der Waals surface area contributed by atoms with Gasteiger partial charge in [-0.3, -0.25) is 4.99 Å². The summed E-state index contributed by atoms with van der Waals surface area (Å²) in [6.07, 6.45) is 0.819. The summed E-state index contributed by atoms with van der Waals surface area (Å²) in [4.78, 5) is 8.94. The van der Waals surface area contributed by atoms with Crippen LogP contribution in [0.15, 0.2) is 34.6 Å². The van der Waals surface area contributed by atoms with Crippen LogP contribution in [0.1, 0.15) is 36.0 Å². The zero-order chi connectivity index (χ0) is 15.2. The normalized spacial score (nSPS) is 11.9. The highest BCUT2D eigenvalue weighted by atomic mass is 32.1. The first kappa shape index (κ1) is 15.5. The van der Waals surface area contributed by atoms with Gasteiger partial charge in [-0.15, -0.1) is 11.3 Å². The van der Waals surface area contributed by atoms with Crippen molar-refractivity contribution in [2.24, 2.45) is 10.7 Å². The molecule has 0 unspecified atom stereocenters. The van der Waals surface area contributed by atoms with E-state index in [1.807, 2.05) is 31.2 Å². The number of hydrogen-bond acceptors (Lipinski definition) is 3. The van der Waals surface area contributed by atoms with Gasteiger partial charge in [-0.05, 0) is 24.6 Å². The van der Waals surface area contributed by atoms with Gasteiger partial charge >= 0.3 is 0 Å². The van der Waals surface area contributed by atoms with Crippen LogP contribution in [0, 0.1) is 6.92 Å². The number of anilines is 1. The number of nitrogens with two attached hydrogens (primary N) is 1. The highest BCUT2D eigenvalue weighted by Crippen LogP contribution is 2.19. The van der Waals surface area contributed by atoms with E-state index in [1.165, 1.54) is 10.6 Å². The Bertz CT molecular complexity index is 616. The van der Waals surface area contributed by atoms with Crippen molar-refractivity contribution in [1.29, 1.82) is 0 Å². The Kier molecular flexibility index (Phi) is 5.33. The molecule has 112 valence electrons. The van der Waals surface area contributed by atoms with Crippen molar-refractivity contribution in [3.63, 3.8) is 0 Å². The molecule has 0 saturated heterocycles. The standard InChI is InChI=1S/C16H22N4S/c1-11(2)15-19-14(10-21-15)7-8-18-16(17)20-13-6-4-5-12(3)9-13/h4-6,9-11H,7-8H2,1-3H3,(H3,17,18,20). The molecule has 1 aromatic heterocycles. The number of hydrogen-bond donors (Lipinski definition) is 2. The molecule has 0 atom stereocenters. The van der Waals surface area contributed by atoms with Gasteiger partial charge < -0.3 is 11.1 Å². The molecular formula is C16H22N4S. The van der Waals surface area contributed by atoms with Gasteiger partial charge in [0.05, 0.1) is 10.7 Å². The fraction of sp³-hybridized carbons (Fsp3) is 0.375. The molecule has 5 heteroatoms. The number of aryl methyl sites for hydroxylation is 1. The van der Waals surface area contributed by atoms with Gasteiger partial charge in [0.2, 0.25) is 0 Å². The van der Waals surface area contributed by atoms with Crippen LogP contribution in [0.25, 0.3) is 0 Å². The third kappa shape index (κ3) is 4.86. The van der Waals surface area contributed by atoms with Gasteiger partial charge in [-0.1, -0.05) is 26.0 Å². The summed E-state index contributed by atoms with van der Waals surface area (Å²) in [5.41, 5.74) is 9.14. The maximum Gasteiger partial charge on any atom is 0.193 e. The van der Waals surface area contributed by atoms with Crippen molar-refractivity contribution >= 4 is 23.0 Å². The Labute approximate surface area is 130 Å². The molecule has 1 heterocycles. The van der Waals surface area contributed by atoms with Gasteiger partial charge in [0.1, 0.15) is 0 Å². The molecule has 2 rings (SSSR count). The molecule has 1 aromatic carbocycles. The Morgan fingerprint density at radius 2 is 2.24 bits per heavy atom. The molecule has 0 spiro atoms. The smallest absolute Gasteiger partial charge is 0.193 e. The summed E-state index contributed by atoms with van der Waals surface area (Å²) in [6.45, 7) is 7.01. The number of guanidine groups is 1. The lowest BCUT2D eigenvalue weighted by Gasteiger charge is -2.06. The van der Waals surface area contributed by atoms with Crippen LogP contribution < -0.4 is 11.1 Å². The third-order valence-electron chi connectivity index (χ3n) is 3.00. The second-order valence-electron chi connectivity index (χ2n) is 5.34. The predicted molar refractivity (Wildman–Crippen MR) is 91.2 cm³/mol. The summed E-state index contributed by atoms with van der Waals surface area (Å²) < 4.78 is 0. The summed E-state index contributed by atoms with van der Waals surface area (Å²) in [6, 6.07) is 8.06. The van der Waals surface area contributed by atoms with Crippen molar-refractivity contribution in [1.82, 2.24) is 4.98 Å². The lowest BCUT2D eigenvalue weighted by Crippen LogP contribution is -2.23. The van der Waals surface area contributed by atoms with Crippen LogP contribution in [-0.4, -0.2) is 17.5 Å². The van der Waals surface area contributed by atoms with Gasteiger partial charge in [0.25, 0.3) is 0 Å². The van der Waals surface area contributed by atoms with Gasteiger partial charge in [0.15, 0.2) is 5.96 Å². The maximum absolute atomic E-state index is 5.89. The van der Waals surface area contributed by atoms with E-state index in [0.717, 1.165) is 17.8 Å². The molecule has 0 saturated carbocycles. The lowest BCUT2D eigenvalue weighted by atomic mass is 10.2. The number of rotatable bonds is 5. The summed E-state index contributed by atoms with van der Waals surface area (Å²) in [5, 5.41) is 6.39. The van der Waals surface area contributed by atoms with E-state index < -0.39 is 0 Å². The number of aliphatic imine (C=N–C) groups is 1. The monoisotopic (exact) mass is 302 g/mol. The van der Waals surface area contributed by atoms with Crippen LogP contribution in [0.4, 0.5) is 5.69 Å². The van der Waals surface area contributed by atoms with E-state index in [9.17, 15) is 0 Å². The van der Waals surface area contributed by atoms with Crippen molar-refractivity contribution in [3.8, 4) is 0 Å². The SMILES string of the molecule is Cc1cccc(NC(N)=NCCc2csc(C(C)C)n2)c1. The minimum Gasteiger partial charge on any atom is -0.370 e. The second kappa shape index (κ2) is 7.22. The highest BCUT2D eigenvalue weighted by Gasteiger charge is 2.05. The van der Waals surface area contributed by atoms with E-state index in [-0.39, 0.29) is 0 Å². The van der Waals surface area contributed by atoms with E-state index >= 15 is 0 Å². The number of nitrogens with zero attached hydrogens (tertiary/aromatic N) is 2. The second-order valence-corrected chi connectivity index (χ2v) is 6.23. The Morgan fingerprint density at radius 1 is 1.43 bits per heavy atom. The molecule has 0 aliphatic rings. The third-order valence-corrected chi connectivity index (χ3v) is 4.20. The summed E-state index contributed by atoms with van der Waals surface area (Å²) in [7, 11) is 0. The first-order valence-electron chi connectivity index (χ1n) is 7.12. The average Bonchev–Trinajstić information content (AvgIpc) is 2.87. The van der Waals surface area contributed by atoms with E-state index in [0.29, 0.717) is 18.4 Å². The van der Waals surface area contributed by atoms with Gasteiger partial charge in [-0.2, -0.15) is 0 Å². The van der Waals surface area contributed by atoms with E-state index in [2.05, 4.69) is 34.5 Å². The van der Waals surface area contributed by atoms with E-state index in [4.69, 9.17) is 5.73 Å². The molecule has 21 heavy (non-hydrogen) atoms. The molecular weight excluding hydrogens is 280 g/mol. The molecule has 0 amide bonds. The molecule has 0 fully saturated rings. The van der Waals surface area contributed by atoms with Crippen LogP contribution in [0.2, 0.25) is 0 Å². The van der Waals surface area contributed by atoms with Crippen molar-refractivity contribution in [2.45, 2.75) is 33.1 Å². The Hall–Kier alpha value is -1.88. The molecule has 0 aliphatic carbocycles. The lowest BCUT2D eigenvalue weighted by molar-refractivity contribution is 0.831. The molecule has 0 aliphatic heterocycles. The number of benzene rings is 1. The quantitative estimate of drug-likeness (QED) is 0.656. The fourth-order valence-corrected chi connectivity index (χ4v) is 2.77. The zero-order valence-electron chi connectivity index (χ0n) is 12.8. The van der Waals surface area contributed by atoms with Crippen molar-refractivity contribution in [3.05, 3.63) is 45.9 Å². The fourth-order valence-electron chi connectivity index (χ4n) is 1.90. The Balaban J connectivity index is 1.85. The van der Waals surface area contributed by atoms with Crippen LogP contribution >= 0.6 is 11.3 Å². The first-order chi connectivity index (χ1) is 10.0. The van der Waals surface area contributed by atoms with E-state index in [1.54, 1.807) is 11.3 Å². The minimum atomic E-state index is 0.444. The number of nitrogens with one attached hydrogen (secondary N) is 1. The zero-order valence-corrected chi connectivity index (χ0v) is 13.6. The highest BCUT2D eigenvalue weighted by molar-refractivity contribution is 7.09. The van der Waals surface area contributed by atoms with Gasteiger partial charge in [-0.25, -0.2) is 4.98 Å². The van der Waals surface area contributed by atoms with Gasteiger partial charge in [0, 0.05) is 30.0 Å². The van der Waals surface area contributed by atoms with Crippen molar-refractivity contribution < 1.29 is 0 Å². The number of aromatic nitrogens is 1. The predicted octanol–water partition coefficient (Wildman–Crippen LogP) is 3.54. The first-order valence-corrected chi connectivity index (χ1v) is 8.00. The topological polar surface area (TPSA) is 63.3 Å². The maximum atomic E-state index is 5.89. The molecule has 0 radical (unpaired) electrons. The minimum absolute atomic E-state index is 0.444. The Morgan fingerprint density at radius 3 is 2.90 bits per heavy atom. The average molecular weight is 302 g/mol.